The van der Waals surface area contributed by atoms with Crippen LogP contribution in [0.2, 0.25) is 0 Å². The maximum absolute atomic E-state index is 13.6. The van der Waals surface area contributed by atoms with Crippen LogP contribution in [0.4, 0.5) is 8.78 Å². The van der Waals surface area contributed by atoms with Crippen LogP contribution in [0.15, 0.2) is 48.5 Å². The summed E-state index contributed by atoms with van der Waals surface area (Å²) in [4.78, 5) is 2.44. The molecule has 0 unspecified atom stereocenters. The number of halogens is 2. The molecule has 2 aromatic carbocycles. The first-order valence-corrected chi connectivity index (χ1v) is 8.24. The zero-order valence-electron chi connectivity index (χ0n) is 13.8. The van der Waals surface area contributed by atoms with Crippen molar-refractivity contribution in [2.24, 2.45) is 0 Å². The molecule has 0 saturated carbocycles. The van der Waals surface area contributed by atoms with Crippen LogP contribution in [-0.2, 0) is 0 Å². The van der Waals surface area contributed by atoms with Gasteiger partial charge in [-0.2, -0.15) is 0 Å². The molecule has 4 heteroatoms. The number of ether oxygens (including phenoxy) is 1. The van der Waals surface area contributed by atoms with Gasteiger partial charge in [0.2, 0.25) is 0 Å². The topological polar surface area (TPSA) is 12.5 Å². The van der Waals surface area contributed by atoms with Gasteiger partial charge in [0, 0.05) is 12.6 Å². The smallest absolute Gasteiger partial charge is 0.168 e. The predicted molar refractivity (Wildman–Crippen MR) is 92.2 cm³/mol. The number of benzene rings is 2. The largest absolute Gasteiger partial charge is 0.454 e. The molecule has 3 rings (SSSR count). The third kappa shape index (κ3) is 4.20. The lowest BCUT2D eigenvalue weighted by Crippen LogP contribution is -2.18. The maximum atomic E-state index is 13.6. The highest BCUT2D eigenvalue weighted by Crippen LogP contribution is 2.26. The van der Waals surface area contributed by atoms with Gasteiger partial charge in [-0.15, -0.1) is 0 Å². The molecule has 0 aliphatic carbocycles. The van der Waals surface area contributed by atoms with Crippen molar-refractivity contribution in [1.29, 1.82) is 0 Å². The standard InChI is InChI=1S/C20H21F2NO/c1-15(10-13-23-11-2-3-12-23)16-4-7-18(8-5-16)24-20-9-6-17(21)14-19(20)22/h4-10,14H,2-3,11-13H2,1H3/b15-10-. The lowest BCUT2D eigenvalue weighted by atomic mass is 10.1. The number of allylic oxidation sites excluding steroid dienone is 1. The summed E-state index contributed by atoms with van der Waals surface area (Å²) in [5, 5.41) is 0. The average Bonchev–Trinajstić information content (AvgIpc) is 3.09. The second-order valence-electron chi connectivity index (χ2n) is 6.10. The van der Waals surface area contributed by atoms with Crippen molar-refractivity contribution in [2.75, 3.05) is 19.6 Å². The number of nitrogens with zero attached hydrogens (tertiary/aromatic N) is 1. The summed E-state index contributed by atoms with van der Waals surface area (Å²) in [6, 6.07) is 10.8. The predicted octanol–water partition coefficient (Wildman–Crippen LogP) is 5.26. The Balaban J connectivity index is 1.65. The Morgan fingerprint density at radius 1 is 1.08 bits per heavy atom. The minimum absolute atomic E-state index is 0.0189. The molecule has 126 valence electrons. The van der Waals surface area contributed by atoms with Gasteiger partial charge in [0.25, 0.3) is 0 Å². The molecule has 0 radical (unpaired) electrons. The molecule has 2 aromatic rings. The van der Waals surface area contributed by atoms with Gasteiger partial charge in [-0.1, -0.05) is 18.2 Å². The second kappa shape index (κ2) is 7.58. The van der Waals surface area contributed by atoms with Gasteiger partial charge >= 0.3 is 0 Å². The van der Waals surface area contributed by atoms with Crippen molar-refractivity contribution in [1.82, 2.24) is 4.90 Å². The van der Waals surface area contributed by atoms with Gasteiger partial charge in [-0.05, 0) is 68.3 Å². The molecule has 0 atom stereocenters. The minimum Gasteiger partial charge on any atom is -0.454 e. The first-order chi connectivity index (χ1) is 11.6. The van der Waals surface area contributed by atoms with Crippen molar-refractivity contribution >= 4 is 5.57 Å². The molecule has 0 amide bonds. The van der Waals surface area contributed by atoms with E-state index in [0.717, 1.165) is 18.2 Å². The molecule has 1 aliphatic heterocycles. The normalized spacial score (nSPS) is 15.7. The maximum Gasteiger partial charge on any atom is 0.168 e. The summed E-state index contributed by atoms with van der Waals surface area (Å²) in [6.45, 7) is 5.43. The Hall–Kier alpha value is -2.20. The van der Waals surface area contributed by atoms with E-state index in [9.17, 15) is 8.78 Å². The van der Waals surface area contributed by atoms with E-state index in [4.69, 9.17) is 4.74 Å². The SMILES string of the molecule is C/C(=C/CN1CCCC1)c1ccc(Oc2ccc(F)cc2F)cc1. The van der Waals surface area contributed by atoms with E-state index in [1.807, 2.05) is 12.1 Å². The van der Waals surface area contributed by atoms with Gasteiger partial charge < -0.3 is 4.74 Å². The van der Waals surface area contributed by atoms with Crippen molar-refractivity contribution in [3.8, 4) is 11.5 Å². The fourth-order valence-electron chi connectivity index (χ4n) is 2.82. The fraction of sp³-hybridized carbons (Fsp3) is 0.300. The van der Waals surface area contributed by atoms with E-state index in [0.29, 0.717) is 5.75 Å². The van der Waals surface area contributed by atoms with Crippen LogP contribution in [0, 0.1) is 11.6 Å². The Morgan fingerprint density at radius 2 is 1.79 bits per heavy atom. The highest BCUT2D eigenvalue weighted by molar-refractivity contribution is 5.64. The second-order valence-corrected chi connectivity index (χ2v) is 6.10. The molecule has 24 heavy (non-hydrogen) atoms. The summed E-state index contributed by atoms with van der Waals surface area (Å²) in [6.07, 6.45) is 4.82. The van der Waals surface area contributed by atoms with Crippen molar-refractivity contribution in [2.45, 2.75) is 19.8 Å². The Labute approximate surface area is 141 Å². The van der Waals surface area contributed by atoms with E-state index in [1.54, 1.807) is 12.1 Å². The number of hydrogen-bond acceptors (Lipinski definition) is 2. The number of likely N-dealkylation sites (tertiary alicyclic amines) is 1. The van der Waals surface area contributed by atoms with E-state index < -0.39 is 11.6 Å². The molecule has 0 spiro atoms. The summed E-state index contributed by atoms with van der Waals surface area (Å²) in [7, 11) is 0. The Morgan fingerprint density at radius 3 is 2.46 bits per heavy atom. The molecule has 1 aliphatic rings. The van der Waals surface area contributed by atoms with Crippen LogP contribution >= 0.6 is 0 Å². The summed E-state index contributed by atoms with van der Waals surface area (Å²) < 4.78 is 32.0. The lowest BCUT2D eigenvalue weighted by molar-refractivity contribution is 0.377. The van der Waals surface area contributed by atoms with Crippen LogP contribution in [0.5, 0.6) is 11.5 Å². The van der Waals surface area contributed by atoms with E-state index in [2.05, 4.69) is 17.9 Å². The molecular weight excluding hydrogens is 308 g/mol. The third-order valence-corrected chi connectivity index (χ3v) is 4.29. The van der Waals surface area contributed by atoms with Gasteiger partial charge in [-0.25, -0.2) is 8.78 Å². The van der Waals surface area contributed by atoms with E-state index in [1.165, 1.54) is 43.6 Å². The summed E-state index contributed by atoms with van der Waals surface area (Å²) in [5.74, 6) is -0.781. The zero-order chi connectivity index (χ0) is 16.9. The number of rotatable bonds is 5. The van der Waals surface area contributed by atoms with Crippen molar-refractivity contribution in [3.05, 3.63) is 65.7 Å². The summed E-state index contributed by atoms with van der Waals surface area (Å²) >= 11 is 0. The highest BCUT2D eigenvalue weighted by Gasteiger charge is 2.10. The van der Waals surface area contributed by atoms with Gasteiger partial charge in [0.15, 0.2) is 11.6 Å². The highest BCUT2D eigenvalue weighted by atomic mass is 19.1. The van der Waals surface area contributed by atoms with E-state index in [-0.39, 0.29) is 5.75 Å². The third-order valence-electron chi connectivity index (χ3n) is 4.29. The molecule has 0 N–H and O–H groups in total. The summed E-state index contributed by atoms with van der Waals surface area (Å²) in [5.41, 5.74) is 2.32. The van der Waals surface area contributed by atoms with Gasteiger partial charge in [0.1, 0.15) is 11.6 Å². The van der Waals surface area contributed by atoms with Crippen LogP contribution in [0.3, 0.4) is 0 Å². The van der Waals surface area contributed by atoms with Crippen LogP contribution in [0.25, 0.3) is 5.57 Å². The molecule has 0 aromatic heterocycles. The molecule has 0 bridgehead atoms. The molecule has 1 saturated heterocycles. The first-order valence-electron chi connectivity index (χ1n) is 8.24. The van der Waals surface area contributed by atoms with Crippen LogP contribution in [0.1, 0.15) is 25.3 Å². The molecule has 1 fully saturated rings. The quantitative estimate of drug-likeness (QED) is 0.742. The Kier molecular flexibility index (Phi) is 5.26. The van der Waals surface area contributed by atoms with Gasteiger partial charge in [-0.3, -0.25) is 4.90 Å². The van der Waals surface area contributed by atoms with Crippen LogP contribution in [-0.4, -0.2) is 24.5 Å². The fourth-order valence-corrected chi connectivity index (χ4v) is 2.82. The minimum atomic E-state index is -0.708. The number of hydrogen-bond donors (Lipinski definition) is 0. The molecule has 1 heterocycles. The zero-order valence-corrected chi connectivity index (χ0v) is 13.8. The van der Waals surface area contributed by atoms with Crippen LogP contribution < -0.4 is 4.74 Å². The van der Waals surface area contributed by atoms with Crippen molar-refractivity contribution in [3.63, 3.8) is 0 Å². The lowest BCUT2D eigenvalue weighted by Gasteiger charge is -2.12. The molecule has 2 nitrogen and oxygen atoms in total. The van der Waals surface area contributed by atoms with Crippen molar-refractivity contribution < 1.29 is 13.5 Å². The monoisotopic (exact) mass is 329 g/mol. The van der Waals surface area contributed by atoms with Gasteiger partial charge in [0.05, 0.1) is 0 Å². The first kappa shape index (κ1) is 16.7. The average molecular weight is 329 g/mol. The molecular formula is C20H21F2NO. The Bertz CT molecular complexity index is 719. The van der Waals surface area contributed by atoms with E-state index >= 15 is 0 Å².